The van der Waals surface area contributed by atoms with Crippen LogP contribution >= 0.6 is 0 Å². The van der Waals surface area contributed by atoms with Gasteiger partial charge in [0.2, 0.25) is 0 Å². The maximum absolute atomic E-state index is 11.8. The molecule has 0 aromatic heterocycles. The van der Waals surface area contributed by atoms with Crippen LogP contribution in [-0.4, -0.2) is 11.1 Å². The molecule has 0 aromatic rings. The lowest BCUT2D eigenvalue weighted by atomic mass is 9.84. The third-order valence-corrected chi connectivity index (χ3v) is 6.56. The standard InChI is InChI=1S/C27H54O2/c1-4-7-10-12-13-14-15-16-17-18-20-23-26(27(28)29)24-25(21-9-6-3)22-19-11-8-5-2/h25-26H,4-24H2,1-3H3,(H,28,29). The van der Waals surface area contributed by atoms with Crippen LogP contribution in [0.15, 0.2) is 0 Å². The second-order valence-electron chi connectivity index (χ2n) is 9.45. The minimum absolute atomic E-state index is 0.110. The average molecular weight is 411 g/mol. The Morgan fingerprint density at radius 2 is 0.931 bits per heavy atom. The molecule has 0 aliphatic heterocycles. The van der Waals surface area contributed by atoms with Gasteiger partial charge >= 0.3 is 5.97 Å². The van der Waals surface area contributed by atoms with Crippen molar-refractivity contribution >= 4 is 5.97 Å². The maximum Gasteiger partial charge on any atom is 0.306 e. The van der Waals surface area contributed by atoms with Crippen molar-refractivity contribution in [1.82, 2.24) is 0 Å². The first-order valence-electron chi connectivity index (χ1n) is 13.4. The molecule has 0 spiro atoms. The molecule has 29 heavy (non-hydrogen) atoms. The second-order valence-corrected chi connectivity index (χ2v) is 9.45. The van der Waals surface area contributed by atoms with Crippen molar-refractivity contribution in [1.29, 1.82) is 0 Å². The van der Waals surface area contributed by atoms with Crippen LogP contribution in [0.25, 0.3) is 0 Å². The van der Waals surface area contributed by atoms with Gasteiger partial charge in [-0.15, -0.1) is 0 Å². The molecule has 0 aromatic carbocycles. The monoisotopic (exact) mass is 410 g/mol. The third-order valence-electron chi connectivity index (χ3n) is 6.56. The quantitative estimate of drug-likeness (QED) is 0.170. The summed E-state index contributed by atoms with van der Waals surface area (Å²) < 4.78 is 0. The SMILES string of the molecule is CCCCCCCCCCCCCC(CC(CCCC)CCCCCC)C(=O)O. The van der Waals surface area contributed by atoms with Crippen molar-refractivity contribution in [2.24, 2.45) is 11.8 Å². The zero-order chi connectivity index (χ0) is 21.6. The second kappa shape index (κ2) is 22.2. The lowest BCUT2D eigenvalue weighted by molar-refractivity contribution is -0.142. The summed E-state index contributed by atoms with van der Waals surface area (Å²) in [6.45, 7) is 6.77. The van der Waals surface area contributed by atoms with E-state index in [4.69, 9.17) is 0 Å². The number of aliphatic carboxylic acids is 1. The fourth-order valence-electron chi connectivity index (χ4n) is 4.53. The summed E-state index contributed by atoms with van der Waals surface area (Å²) in [6, 6.07) is 0. The number of carboxylic acid groups (broad SMARTS) is 1. The molecule has 0 rings (SSSR count). The lowest BCUT2D eigenvalue weighted by Crippen LogP contribution is -2.18. The zero-order valence-corrected chi connectivity index (χ0v) is 20.4. The molecule has 174 valence electrons. The Balaban J connectivity index is 3.95. The van der Waals surface area contributed by atoms with E-state index >= 15 is 0 Å². The highest BCUT2D eigenvalue weighted by Crippen LogP contribution is 2.27. The molecule has 0 amide bonds. The first-order chi connectivity index (χ1) is 14.2. The predicted octanol–water partition coefficient (Wildman–Crippen LogP) is 9.56. The molecule has 2 nitrogen and oxygen atoms in total. The van der Waals surface area contributed by atoms with Gasteiger partial charge in [-0.05, 0) is 18.8 Å². The molecule has 2 heteroatoms. The van der Waals surface area contributed by atoms with Crippen LogP contribution in [-0.2, 0) is 4.79 Å². The Labute approximate surface area is 183 Å². The van der Waals surface area contributed by atoms with E-state index in [0.29, 0.717) is 5.92 Å². The molecule has 0 fully saturated rings. The van der Waals surface area contributed by atoms with Crippen LogP contribution in [0.4, 0.5) is 0 Å². The summed E-state index contributed by atoms with van der Waals surface area (Å²) >= 11 is 0. The largest absolute Gasteiger partial charge is 0.481 e. The van der Waals surface area contributed by atoms with Crippen LogP contribution in [0.3, 0.4) is 0 Å². The van der Waals surface area contributed by atoms with E-state index in [-0.39, 0.29) is 5.92 Å². The molecule has 2 atom stereocenters. The molecule has 0 radical (unpaired) electrons. The van der Waals surface area contributed by atoms with Crippen molar-refractivity contribution < 1.29 is 9.90 Å². The third kappa shape index (κ3) is 19.2. The summed E-state index contributed by atoms with van der Waals surface area (Å²) in [6.07, 6.45) is 26.6. The normalized spacial score (nSPS) is 13.5. The van der Waals surface area contributed by atoms with Gasteiger partial charge in [0.1, 0.15) is 0 Å². The molecule has 0 heterocycles. The average Bonchev–Trinajstić information content (AvgIpc) is 2.71. The first kappa shape index (κ1) is 28.5. The fourth-order valence-corrected chi connectivity index (χ4v) is 4.53. The smallest absolute Gasteiger partial charge is 0.306 e. The van der Waals surface area contributed by atoms with Crippen LogP contribution in [0.5, 0.6) is 0 Å². The first-order valence-corrected chi connectivity index (χ1v) is 13.4. The number of hydrogen-bond acceptors (Lipinski definition) is 1. The Kier molecular flexibility index (Phi) is 21.8. The van der Waals surface area contributed by atoms with Gasteiger partial charge in [-0.25, -0.2) is 0 Å². The number of hydrogen-bond donors (Lipinski definition) is 1. The maximum atomic E-state index is 11.8. The minimum atomic E-state index is -0.549. The summed E-state index contributed by atoms with van der Waals surface area (Å²) in [5.74, 6) is -0.0330. The molecular formula is C27H54O2. The van der Waals surface area contributed by atoms with E-state index in [2.05, 4.69) is 20.8 Å². The molecule has 1 N–H and O–H groups in total. The van der Waals surface area contributed by atoms with Crippen LogP contribution < -0.4 is 0 Å². The topological polar surface area (TPSA) is 37.3 Å². The van der Waals surface area contributed by atoms with Crippen molar-refractivity contribution in [2.75, 3.05) is 0 Å². The van der Waals surface area contributed by atoms with E-state index in [1.165, 1.54) is 116 Å². The molecule has 0 aliphatic carbocycles. The highest BCUT2D eigenvalue weighted by atomic mass is 16.4. The molecule has 0 saturated carbocycles. The molecule has 0 aliphatic rings. The van der Waals surface area contributed by atoms with Gasteiger partial charge < -0.3 is 5.11 Å². The van der Waals surface area contributed by atoms with Gasteiger partial charge in [0, 0.05) is 0 Å². The van der Waals surface area contributed by atoms with Crippen molar-refractivity contribution in [3.63, 3.8) is 0 Å². The number of carboxylic acids is 1. The predicted molar refractivity (Wildman–Crippen MR) is 129 cm³/mol. The van der Waals surface area contributed by atoms with Gasteiger partial charge in [-0.1, -0.05) is 143 Å². The Morgan fingerprint density at radius 3 is 1.41 bits per heavy atom. The van der Waals surface area contributed by atoms with Gasteiger partial charge in [0.05, 0.1) is 5.92 Å². The van der Waals surface area contributed by atoms with E-state index < -0.39 is 5.97 Å². The van der Waals surface area contributed by atoms with Crippen molar-refractivity contribution in [3.05, 3.63) is 0 Å². The van der Waals surface area contributed by atoms with E-state index in [0.717, 1.165) is 19.3 Å². The Morgan fingerprint density at radius 1 is 0.552 bits per heavy atom. The van der Waals surface area contributed by atoms with Crippen LogP contribution in [0, 0.1) is 11.8 Å². The Bertz CT molecular complexity index is 339. The minimum Gasteiger partial charge on any atom is -0.481 e. The summed E-state index contributed by atoms with van der Waals surface area (Å²) in [7, 11) is 0. The molecule has 0 saturated heterocycles. The number of rotatable bonds is 23. The lowest BCUT2D eigenvalue weighted by Gasteiger charge is -2.21. The Hall–Kier alpha value is -0.530. The van der Waals surface area contributed by atoms with Crippen molar-refractivity contribution in [2.45, 2.75) is 156 Å². The highest BCUT2D eigenvalue weighted by molar-refractivity contribution is 5.69. The van der Waals surface area contributed by atoms with Crippen LogP contribution in [0.1, 0.15) is 156 Å². The molecule has 2 unspecified atom stereocenters. The van der Waals surface area contributed by atoms with Gasteiger partial charge in [0.25, 0.3) is 0 Å². The van der Waals surface area contributed by atoms with Gasteiger partial charge in [-0.3, -0.25) is 4.79 Å². The number of unbranched alkanes of at least 4 members (excludes halogenated alkanes) is 14. The molecule has 0 bridgehead atoms. The van der Waals surface area contributed by atoms with E-state index in [1.807, 2.05) is 0 Å². The molecular weight excluding hydrogens is 356 g/mol. The van der Waals surface area contributed by atoms with Crippen LogP contribution in [0.2, 0.25) is 0 Å². The van der Waals surface area contributed by atoms with E-state index in [9.17, 15) is 9.90 Å². The van der Waals surface area contributed by atoms with Gasteiger partial charge in [-0.2, -0.15) is 0 Å². The number of carbonyl (C=O) groups is 1. The highest BCUT2D eigenvalue weighted by Gasteiger charge is 2.21. The van der Waals surface area contributed by atoms with E-state index in [1.54, 1.807) is 0 Å². The van der Waals surface area contributed by atoms with Crippen molar-refractivity contribution in [3.8, 4) is 0 Å². The fraction of sp³-hybridized carbons (Fsp3) is 0.963. The summed E-state index contributed by atoms with van der Waals surface area (Å²) in [5, 5.41) is 9.72. The summed E-state index contributed by atoms with van der Waals surface area (Å²) in [5.41, 5.74) is 0. The van der Waals surface area contributed by atoms with Gasteiger partial charge in [0.15, 0.2) is 0 Å². The summed E-state index contributed by atoms with van der Waals surface area (Å²) in [4.78, 5) is 11.8. The zero-order valence-electron chi connectivity index (χ0n) is 20.4.